The first-order valence-corrected chi connectivity index (χ1v) is 6.70. The van der Waals surface area contributed by atoms with Gasteiger partial charge in [-0.15, -0.1) is 0 Å². The van der Waals surface area contributed by atoms with Crippen molar-refractivity contribution in [2.45, 2.75) is 9.71 Å². The Morgan fingerprint density at radius 3 is 1.21 bits per heavy atom. The molecule has 0 aliphatic heterocycles. The van der Waals surface area contributed by atoms with Crippen LogP contribution in [0.2, 0.25) is 10.0 Å². The Balaban J connectivity index is 2.47. The molecule has 2 rings (SSSR count). The van der Waals surface area contributed by atoms with E-state index in [4.69, 9.17) is 58.0 Å². The Kier molecular flexibility index (Phi) is 4.92. The van der Waals surface area contributed by atoms with Gasteiger partial charge in [-0.25, -0.2) is 0 Å². The van der Waals surface area contributed by atoms with Gasteiger partial charge < -0.3 is 0 Å². The van der Waals surface area contributed by atoms with Gasteiger partial charge in [0, 0.05) is 24.3 Å². The van der Waals surface area contributed by atoms with E-state index >= 15 is 0 Å². The molecule has 0 bridgehead atoms. The standard InChI is InChI=1S/C14HCl5/c15-11-5-1-9(2-6-11)13(14(17,18)19)10-3-7-12(16)8-4-10/h13H/i1+1,2+1,3+1,4+1,5+1,6+1,7+1,8+1,9+1,10+1,11+1,12+1. The summed E-state index contributed by atoms with van der Waals surface area (Å²) in [7, 11) is 0. The van der Waals surface area contributed by atoms with Crippen LogP contribution in [0.25, 0.3) is 0 Å². The van der Waals surface area contributed by atoms with E-state index in [1.807, 2.05) is 0 Å². The van der Waals surface area contributed by atoms with Crippen LogP contribution in [0, 0.1) is 48.5 Å². The molecule has 0 nitrogen and oxygen atoms in total. The van der Waals surface area contributed by atoms with E-state index in [-0.39, 0.29) is 10.0 Å². The summed E-state index contributed by atoms with van der Waals surface area (Å²) < 4.78 is -1.66. The highest BCUT2D eigenvalue weighted by Gasteiger charge is 2.35. The Morgan fingerprint density at radius 1 is 0.632 bits per heavy atom. The SMILES string of the molecule is Cl[13c]1[13c][13c][13c](C([13c]2[13c][13c][13c](Cl)[13c][13c]2)C(Cl)(Cl)Cl)[13c][13c]1. The molecule has 0 heterocycles. The average molecular weight is 358 g/mol. The summed E-state index contributed by atoms with van der Waals surface area (Å²) in [6.45, 7) is 0. The minimum absolute atomic E-state index is 0.244. The molecule has 0 spiro atoms. The summed E-state index contributed by atoms with van der Waals surface area (Å²) in [4.78, 5) is 0. The van der Waals surface area contributed by atoms with Gasteiger partial charge in [0.1, 0.15) is 0 Å². The third-order valence-corrected chi connectivity index (χ3v) is 3.16. The first kappa shape index (κ1) is 15.3. The molecular weight excluding hydrogens is 357 g/mol. The number of hydrogen-bond acceptors (Lipinski definition) is 0. The molecule has 0 atom stereocenters. The topological polar surface area (TPSA) is 0 Å². The predicted molar refractivity (Wildman–Crippen MR) is 75.7 cm³/mol. The fourth-order valence-corrected chi connectivity index (χ4v) is 2.22. The molecule has 2 aromatic rings. The summed E-state index contributed by atoms with van der Waals surface area (Å²) in [5.41, 5.74) is 0.835. The van der Waals surface area contributed by atoms with Crippen LogP contribution in [0.5, 0.6) is 0 Å². The molecule has 0 amide bonds. The van der Waals surface area contributed by atoms with Gasteiger partial charge in [-0.05, 0) is 35.4 Å². The lowest BCUT2D eigenvalue weighted by molar-refractivity contribution is 0.831. The van der Waals surface area contributed by atoms with Crippen molar-refractivity contribution in [2.75, 3.05) is 0 Å². The predicted octanol–water partition coefficient (Wildman–Crippen LogP) is 4.90. The normalized spacial score (nSPS) is 11.9. The van der Waals surface area contributed by atoms with Crippen LogP contribution >= 0.6 is 58.0 Å². The Hall–Kier alpha value is -0.110. The van der Waals surface area contributed by atoms with Crippen molar-refractivity contribution in [1.82, 2.24) is 0 Å². The highest BCUT2D eigenvalue weighted by Crippen LogP contribution is 2.45. The first-order chi connectivity index (χ1) is 8.88. The van der Waals surface area contributed by atoms with E-state index in [0.717, 1.165) is 0 Å². The Bertz CT molecular complexity index is 494. The average Bonchev–Trinajstić information content (AvgIpc) is 2.33. The van der Waals surface area contributed by atoms with Crippen LogP contribution in [0.1, 0.15) is 17.0 Å². The molecular formula is C14HCl5. The molecule has 0 fully saturated rings. The van der Waals surface area contributed by atoms with Crippen LogP contribution in [-0.4, -0.2) is 3.79 Å². The van der Waals surface area contributed by atoms with E-state index in [1.54, 1.807) is 0 Å². The second kappa shape index (κ2) is 6.11. The van der Waals surface area contributed by atoms with Crippen molar-refractivity contribution in [3.8, 4) is 0 Å². The molecule has 0 saturated heterocycles. The minimum Gasteiger partial charge on any atom is -0.0829 e. The van der Waals surface area contributed by atoms with Crippen LogP contribution < -0.4 is 0 Å². The lowest BCUT2D eigenvalue weighted by Gasteiger charge is -2.24. The third kappa shape index (κ3) is 3.93. The number of hydrogen-bond donors (Lipinski definition) is 0. The van der Waals surface area contributed by atoms with E-state index in [1.165, 1.54) is 0 Å². The van der Waals surface area contributed by atoms with Gasteiger partial charge in [0.25, 0.3) is 0 Å². The van der Waals surface area contributed by atoms with Gasteiger partial charge in [-0.1, -0.05) is 58.0 Å². The van der Waals surface area contributed by atoms with E-state index < -0.39 is 9.71 Å². The van der Waals surface area contributed by atoms with E-state index in [9.17, 15) is 0 Å². The maximum atomic E-state index is 5.98. The van der Waals surface area contributed by atoms with Crippen LogP contribution in [0.15, 0.2) is 0 Å². The molecule has 19 heavy (non-hydrogen) atoms. The molecule has 0 aliphatic rings. The zero-order valence-electron chi connectivity index (χ0n) is 8.97. The van der Waals surface area contributed by atoms with Crippen LogP contribution in [-0.2, 0) is 0 Å². The summed E-state index contributed by atoms with van der Waals surface area (Å²) in [5.74, 6) is -0.730. The summed E-state index contributed by atoms with van der Waals surface area (Å²) in [6, 6.07) is 21.6. The van der Waals surface area contributed by atoms with Crippen molar-refractivity contribution >= 4 is 58.0 Å². The molecule has 0 unspecified atom stereocenters. The van der Waals surface area contributed by atoms with Crippen LogP contribution in [0.3, 0.4) is 0 Å². The number of halogens is 5. The van der Waals surface area contributed by atoms with Crippen molar-refractivity contribution < 1.29 is 0 Å². The second-order valence-corrected chi connectivity index (χ2v) is 6.55. The highest BCUT2D eigenvalue weighted by molar-refractivity contribution is 6.68. The Morgan fingerprint density at radius 2 is 0.947 bits per heavy atom. The highest BCUT2D eigenvalue weighted by atomic mass is 35.6. The Labute approximate surface area is 137 Å². The molecule has 2 aromatic carbocycles. The number of alkyl halides is 3. The fraction of sp³-hybridized carbons (Fsp3) is 0.143. The van der Waals surface area contributed by atoms with Crippen molar-refractivity contribution in [3.63, 3.8) is 0 Å². The lowest BCUT2D eigenvalue weighted by atomic mass is 10.4. The number of benzene rings is 2. The van der Waals surface area contributed by atoms with E-state index in [2.05, 4.69) is 48.5 Å². The third-order valence-electron chi connectivity index (χ3n) is 2.13. The second-order valence-electron chi connectivity index (χ2n) is 3.43. The molecule has 8 radical (unpaired) electrons. The van der Waals surface area contributed by atoms with Gasteiger partial charge in [0.05, 0.1) is 16.0 Å². The minimum atomic E-state index is -1.66. The fourth-order valence-electron chi connectivity index (χ4n) is 1.37. The first-order valence-electron chi connectivity index (χ1n) is 4.81. The monoisotopic (exact) mass is 356 g/mol. The van der Waals surface area contributed by atoms with Gasteiger partial charge >= 0.3 is 0 Å². The molecule has 92 valence electrons. The summed E-state index contributed by atoms with van der Waals surface area (Å²) >= 11 is 29.3. The van der Waals surface area contributed by atoms with Gasteiger partial charge in [0.2, 0.25) is 3.79 Å². The molecule has 0 saturated carbocycles. The van der Waals surface area contributed by atoms with Crippen molar-refractivity contribution in [1.29, 1.82) is 0 Å². The summed E-state index contributed by atoms with van der Waals surface area (Å²) in [6.07, 6.45) is 0. The smallest absolute Gasteiger partial charge is 0.0829 e. The van der Waals surface area contributed by atoms with Gasteiger partial charge in [0.15, 0.2) is 0 Å². The van der Waals surface area contributed by atoms with Crippen molar-refractivity contribution in [2.24, 2.45) is 0 Å². The summed E-state index contributed by atoms with van der Waals surface area (Å²) in [5, 5.41) is 0.489. The molecule has 0 N–H and O–H groups in total. The maximum absolute atomic E-state index is 5.98. The quantitative estimate of drug-likeness (QED) is 0.670. The zero-order chi connectivity index (χ0) is 14.0. The largest absolute Gasteiger partial charge is 0.201 e. The van der Waals surface area contributed by atoms with Gasteiger partial charge in [-0.3, -0.25) is 0 Å². The number of rotatable bonds is 2. The molecule has 0 aromatic heterocycles. The maximum Gasteiger partial charge on any atom is 0.201 e. The van der Waals surface area contributed by atoms with E-state index in [0.29, 0.717) is 11.1 Å². The molecule has 0 aliphatic carbocycles. The molecule has 5 heteroatoms. The lowest BCUT2D eigenvalue weighted by Crippen LogP contribution is -2.19. The van der Waals surface area contributed by atoms with Crippen molar-refractivity contribution in [3.05, 3.63) is 69.7 Å². The zero-order valence-corrected chi connectivity index (χ0v) is 12.7. The van der Waals surface area contributed by atoms with Gasteiger partial charge in [-0.2, -0.15) is 0 Å². The van der Waals surface area contributed by atoms with Crippen LogP contribution in [0.4, 0.5) is 0 Å².